The fraction of sp³-hybridized carbons (Fsp3) is 0.778. The molecule has 2 nitrogen and oxygen atoms in total. The molecule has 2 N–H and O–H groups in total. The second-order valence-electron chi connectivity index (χ2n) is 7.25. The number of hydrogen-bond donors (Lipinski definition) is 1. The fourth-order valence-electron chi connectivity index (χ4n) is 3.87. The quantitative estimate of drug-likeness (QED) is 0.855. The highest BCUT2D eigenvalue weighted by Gasteiger charge is 2.39. The van der Waals surface area contributed by atoms with Gasteiger partial charge in [0.05, 0.1) is 0 Å². The third-order valence-corrected chi connectivity index (χ3v) is 6.67. The number of rotatable bonds is 6. The summed E-state index contributed by atoms with van der Waals surface area (Å²) < 4.78 is 0. The van der Waals surface area contributed by atoms with Crippen molar-refractivity contribution in [2.45, 2.75) is 64.5 Å². The van der Waals surface area contributed by atoms with Crippen molar-refractivity contribution in [3.63, 3.8) is 0 Å². The average Bonchev–Trinajstić information content (AvgIpc) is 2.99. The Hall–Kier alpha value is -0.380. The smallest absolute Gasteiger partial charge is 0.0331 e. The summed E-state index contributed by atoms with van der Waals surface area (Å²) >= 11 is 1.87. The van der Waals surface area contributed by atoms with Crippen molar-refractivity contribution in [1.82, 2.24) is 4.90 Å². The lowest BCUT2D eigenvalue weighted by Crippen LogP contribution is -2.57. The molecule has 0 aliphatic heterocycles. The van der Waals surface area contributed by atoms with Crippen LogP contribution < -0.4 is 5.73 Å². The molecule has 1 saturated carbocycles. The Morgan fingerprint density at radius 2 is 2.00 bits per heavy atom. The second kappa shape index (κ2) is 7.26. The molecule has 120 valence electrons. The van der Waals surface area contributed by atoms with E-state index in [2.05, 4.69) is 50.2 Å². The Labute approximate surface area is 134 Å². The van der Waals surface area contributed by atoms with Crippen molar-refractivity contribution < 1.29 is 0 Å². The summed E-state index contributed by atoms with van der Waals surface area (Å²) in [5.41, 5.74) is 6.46. The number of thiophene rings is 1. The summed E-state index contributed by atoms with van der Waals surface area (Å²) in [6, 6.07) is 4.96. The van der Waals surface area contributed by atoms with Crippen LogP contribution in [-0.4, -0.2) is 30.1 Å². The average molecular weight is 309 g/mol. The van der Waals surface area contributed by atoms with Gasteiger partial charge in [0.1, 0.15) is 0 Å². The zero-order valence-corrected chi connectivity index (χ0v) is 15.0. The maximum Gasteiger partial charge on any atom is 0.0331 e. The van der Waals surface area contributed by atoms with Gasteiger partial charge >= 0.3 is 0 Å². The van der Waals surface area contributed by atoms with Gasteiger partial charge < -0.3 is 5.73 Å². The van der Waals surface area contributed by atoms with E-state index in [1.165, 1.54) is 30.6 Å². The maximum absolute atomic E-state index is 6.23. The van der Waals surface area contributed by atoms with Gasteiger partial charge in [-0.05, 0) is 69.4 Å². The minimum absolute atomic E-state index is 0.224. The van der Waals surface area contributed by atoms with Gasteiger partial charge in [0.25, 0.3) is 0 Å². The second-order valence-corrected chi connectivity index (χ2v) is 8.29. The van der Waals surface area contributed by atoms with Crippen LogP contribution in [0.15, 0.2) is 17.5 Å². The van der Waals surface area contributed by atoms with Crippen LogP contribution in [0.5, 0.6) is 0 Å². The Balaban J connectivity index is 1.99. The van der Waals surface area contributed by atoms with E-state index >= 15 is 0 Å². The first kappa shape index (κ1) is 17.0. The molecular formula is C18H32N2S. The molecular weight excluding hydrogens is 276 g/mol. The van der Waals surface area contributed by atoms with Gasteiger partial charge in [-0.2, -0.15) is 0 Å². The summed E-state index contributed by atoms with van der Waals surface area (Å²) in [6.07, 6.45) is 6.34. The highest BCUT2D eigenvalue weighted by molar-refractivity contribution is 7.09. The third-order valence-electron chi connectivity index (χ3n) is 5.77. The molecule has 0 aromatic carbocycles. The van der Waals surface area contributed by atoms with Crippen molar-refractivity contribution in [2.24, 2.45) is 17.6 Å². The lowest BCUT2D eigenvalue weighted by molar-refractivity contribution is 0.0289. The van der Waals surface area contributed by atoms with Crippen LogP contribution in [0.1, 0.15) is 51.3 Å². The molecule has 0 bridgehead atoms. The number of likely N-dealkylation sites (N-methyl/N-ethyl adjacent to an activating group) is 1. The third kappa shape index (κ3) is 3.88. The summed E-state index contributed by atoms with van der Waals surface area (Å²) in [6.45, 7) is 7.88. The molecule has 3 heteroatoms. The summed E-state index contributed by atoms with van der Waals surface area (Å²) in [5, 5.41) is 2.18. The predicted octanol–water partition coefficient (Wildman–Crippen LogP) is 4.15. The van der Waals surface area contributed by atoms with Gasteiger partial charge in [-0.3, -0.25) is 4.90 Å². The van der Waals surface area contributed by atoms with E-state index in [9.17, 15) is 0 Å². The van der Waals surface area contributed by atoms with Gasteiger partial charge in [0.15, 0.2) is 0 Å². The first-order valence-electron chi connectivity index (χ1n) is 8.44. The maximum atomic E-state index is 6.23. The summed E-state index contributed by atoms with van der Waals surface area (Å²) in [4.78, 5) is 4.07. The minimum atomic E-state index is 0.224. The van der Waals surface area contributed by atoms with Crippen LogP contribution in [0.4, 0.5) is 0 Å². The summed E-state index contributed by atoms with van der Waals surface area (Å²) in [7, 11) is 2.29. The highest BCUT2D eigenvalue weighted by atomic mass is 32.1. The topological polar surface area (TPSA) is 29.3 Å². The van der Waals surface area contributed by atoms with E-state index in [0.29, 0.717) is 6.04 Å². The van der Waals surface area contributed by atoms with Crippen LogP contribution in [-0.2, 0) is 6.42 Å². The molecule has 1 aromatic rings. The molecule has 1 aromatic heterocycles. The summed E-state index contributed by atoms with van der Waals surface area (Å²) in [5.74, 6) is 1.71. The molecule has 1 aliphatic rings. The molecule has 1 aliphatic carbocycles. The molecule has 1 fully saturated rings. The van der Waals surface area contributed by atoms with Crippen molar-refractivity contribution in [3.05, 3.63) is 22.4 Å². The predicted molar refractivity (Wildman–Crippen MR) is 93.8 cm³/mol. The Morgan fingerprint density at radius 1 is 1.33 bits per heavy atom. The van der Waals surface area contributed by atoms with Gasteiger partial charge in [-0.25, -0.2) is 0 Å². The highest BCUT2D eigenvalue weighted by Crippen LogP contribution is 2.39. The molecule has 1 atom stereocenters. The normalized spacial score (nSPS) is 28.2. The SMILES string of the molecule is CC(C)C1CCC(CN)(N(C)C(C)Cc2cccs2)CC1. The lowest BCUT2D eigenvalue weighted by Gasteiger charge is -2.49. The first-order valence-corrected chi connectivity index (χ1v) is 9.32. The van der Waals surface area contributed by atoms with E-state index in [1.54, 1.807) is 0 Å². The zero-order valence-electron chi connectivity index (χ0n) is 14.1. The van der Waals surface area contributed by atoms with Gasteiger partial charge in [-0.15, -0.1) is 11.3 Å². The Bertz CT molecular complexity index is 405. The van der Waals surface area contributed by atoms with E-state index in [4.69, 9.17) is 5.73 Å². The zero-order chi connectivity index (χ0) is 15.5. The largest absolute Gasteiger partial charge is 0.329 e. The number of nitrogens with two attached hydrogens (primary N) is 1. The van der Waals surface area contributed by atoms with Crippen molar-refractivity contribution in [2.75, 3.05) is 13.6 Å². The molecule has 2 rings (SSSR count). The molecule has 21 heavy (non-hydrogen) atoms. The fourth-order valence-corrected chi connectivity index (χ4v) is 4.70. The standard InChI is InChI=1S/C18H32N2S/c1-14(2)16-7-9-18(13-19,10-8-16)20(4)15(3)12-17-6-5-11-21-17/h5-6,11,14-16H,7-10,12-13,19H2,1-4H3. The van der Waals surface area contributed by atoms with Crippen molar-refractivity contribution in [3.8, 4) is 0 Å². The Morgan fingerprint density at radius 3 is 2.48 bits per heavy atom. The first-order chi connectivity index (χ1) is 9.98. The Kier molecular flexibility index (Phi) is 5.87. The van der Waals surface area contributed by atoms with E-state index in [0.717, 1.165) is 24.8 Å². The van der Waals surface area contributed by atoms with E-state index in [1.807, 2.05) is 11.3 Å². The van der Waals surface area contributed by atoms with Gasteiger partial charge in [0, 0.05) is 23.0 Å². The molecule has 0 amide bonds. The number of hydrogen-bond acceptors (Lipinski definition) is 3. The van der Waals surface area contributed by atoms with E-state index in [-0.39, 0.29) is 5.54 Å². The minimum Gasteiger partial charge on any atom is -0.329 e. The van der Waals surface area contributed by atoms with Crippen LogP contribution >= 0.6 is 11.3 Å². The van der Waals surface area contributed by atoms with Crippen LogP contribution in [0.25, 0.3) is 0 Å². The number of nitrogens with zero attached hydrogens (tertiary/aromatic N) is 1. The van der Waals surface area contributed by atoms with Crippen molar-refractivity contribution in [1.29, 1.82) is 0 Å². The molecule has 0 radical (unpaired) electrons. The molecule has 1 unspecified atom stereocenters. The van der Waals surface area contributed by atoms with Gasteiger partial charge in [0.2, 0.25) is 0 Å². The molecule has 0 spiro atoms. The lowest BCUT2D eigenvalue weighted by atomic mass is 9.71. The van der Waals surface area contributed by atoms with Crippen LogP contribution in [0, 0.1) is 11.8 Å². The monoisotopic (exact) mass is 308 g/mol. The van der Waals surface area contributed by atoms with Crippen LogP contribution in [0.3, 0.4) is 0 Å². The van der Waals surface area contributed by atoms with Crippen LogP contribution in [0.2, 0.25) is 0 Å². The molecule has 0 saturated heterocycles. The van der Waals surface area contributed by atoms with E-state index < -0.39 is 0 Å². The van der Waals surface area contributed by atoms with Gasteiger partial charge in [-0.1, -0.05) is 19.9 Å². The van der Waals surface area contributed by atoms with Crippen molar-refractivity contribution >= 4 is 11.3 Å². The molecule has 1 heterocycles.